The lowest BCUT2D eigenvalue weighted by molar-refractivity contribution is 0.804. The lowest BCUT2D eigenvalue weighted by Gasteiger charge is -2.17. The quantitative estimate of drug-likeness (QED) is 0.446. The van der Waals surface area contributed by atoms with E-state index in [1.807, 2.05) is 32.3 Å². The van der Waals surface area contributed by atoms with E-state index in [0.29, 0.717) is 17.4 Å². The molecule has 0 saturated carbocycles. The maximum Gasteiger partial charge on any atom is 0.130 e. The predicted molar refractivity (Wildman–Crippen MR) is 127 cm³/mol. The number of hydrogen-bond donors (Lipinski definition) is 2. The summed E-state index contributed by atoms with van der Waals surface area (Å²) in [4.78, 5) is 22.5. The Morgan fingerprint density at radius 2 is 1.94 bits per heavy atom. The Labute approximate surface area is 186 Å². The van der Waals surface area contributed by atoms with Gasteiger partial charge in [-0.25, -0.2) is 19.9 Å². The molecule has 0 bridgehead atoms. The first-order chi connectivity index (χ1) is 15.1. The van der Waals surface area contributed by atoms with Crippen LogP contribution >= 0.6 is 12.2 Å². The first-order valence-corrected chi connectivity index (χ1v) is 10.4. The molecule has 0 saturated heterocycles. The molecule has 0 aliphatic rings. The molecule has 156 valence electrons. The SMILES string of the molecule is CNC(=S)c1ccnc2c(C(C)CNc3cc(-c4cncnc4)nc(C)n3)cccc12. The standard InChI is InChI=1S/C23H23N7S/c1-14(17-5-4-6-18-19(23(31)24-3)7-8-27-22(17)18)10-28-21-9-20(29-15(2)30-21)16-11-25-13-26-12-16/h4-9,11-14H,10H2,1-3H3,(H,24,31)(H,28,29,30). The lowest BCUT2D eigenvalue weighted by Crippen LogP contribution is -2.17. The molecule has 3 aromatic heterocycles. The van der Waals surface area contributed by atoms with Crippen LogP contribution in [0.3, 0.4) is 0 Å². The Kier molecular flexibility index (Phi) is 6.08. The number of benzene rings is 1. The van der Waals surface area contributed by atoms with Crippen molar-refractivity contribution in [3.05, 3.63) is 72.2 Å². The third-order valence-electron chi connectivity index (χ3n) is 5.09. The molecule has 7 nitrogen and oxygen atoms in total. The highest BCUT2D eigenvalue weighted by Crippen LogP contribution is 2.27. The molecule has 0 spiro atoms. The molecule has 0 aliphatic heterocycles. The van der Waals surface area contributed by atoms with Gasteiger partial charge in [0.1, 0.15) is 23.0 Å². The van der Waals surface area contributed by atoms with Gasteiger partial charge in [-0.1, -0.05) is 37.3 Å². The molecule has 8 heteroatoms. The summed E-state index contributed by atoms with van der Waals surface area (Å²) in [6.45, 7) is 4.75. The number of para-hydroxylation sites is 1. The number of nitrogens with one attached hydrogen (secondary N) is 2. The predicted octanol–water partition coefficient (Wildman–Crippen LogP) is 3.90. The molecule has 1 atom stereocenters. The van der Waals surface area contributed by atoms with Gasteiger partial charge in [0, 0.05) is 60.7 Å². The summed E-state index contributed by atoms with van der Waals surface area (Å²) in [7, 11) is 1.84. The van der Waals surface area contributed by atoms with Gasteiger partial charge in [0.15, 0.2) is 0 Å². The van der Waals surface area contributed by atoms with Gasteiger partial charge >= 0.3 is 0 Å². The van der Waals surface area contributed by atoms with Gasteiger partial charge in [-0.3, -0.25) is 4.98 Å². The largest absolute Gasteiger partial charge is 0.379 e. The molecule has 4 aromatic rings. The Bertz CT molecular complexity index is 1230. The van der Waals surface area contributed by atoms with Crippen LogP contribution in [-0.2, 0) is 0 Å². The zero-order chi connectivity index (χ0) is 21.8. The molecule has 0 aliphatic carbocycles. The first kappa shape index (κ1) is 20.7. The minimum Gasteiger partial charge on any atom is -0.379 e. The third kappa shape index (κ3) is 4.49. The summed E-state index contributed by atoms with van der Waals surface area (Å²) in [5.74, 6) is 1.66. The topological polar surface area (TPSA) is 88.5 Å². The normalized spacial score (nSPS) is 11.8. The van der Waals surface area contributed by atoms with Crippen molar-refractivity contribution in [3.63, 3.8) is 0 Å². The Morgan fingerprint density at radius 3 is 2.71 bits per heavy atom. The summed E-state index contributed by atoms with van der Waals surface area (Å²) in [5, 5.41) is 7.56. The van der Waals surface area contributed by atoms with E-state index in [-0.39, 0.29) is 5.92 Å². The fraction of sp³-hybridized carbons (Fsp3) is 0.217. The zero-order valence-corrected chi connectivity index (χ0v) is 18.4. The first-order valence-electron chi connectivity index (χ1n) is 10.0. The summed E-state index contributed by atoms with van der Waals surface area (Å²) in [6, 6.07) is 10.1. The molecular weight excluding hydrogens is 406 g/mol. The van der Waals surface area contributed by atoms with E-state index in [1.54, 1.807) is 12.4 Å². The van der Waals surface area contributed by atoms with Crippen LogP contribution in [0.2, 0.25) is 0 Å². The molecule has 2 N–H and O–H groups in total. The van der Waals surface area contributed by atoms with Crippen LogP contribution in [0, 0.1) is 6.92 Å². The Hall–Kier alpha value is -3.52. The van der Waals surface area contributed by atoms with Crippen molar-refractivity contribution in [2.45, 2.75) is 19.8 Å². The molecule has 1 unspecified atom stereocenters. The second-order valence-corrected chi connectivity index (χ2v) is 7.68. The number of hydrogen-bond acceptors (Lipinski definition) is 7. The van der Waals surface area contributed by atoms with Gasteiger partial charge in [0.25, 0.3) is 0 Å². The van der Waals surface area contributed by atoms with Crippen molar-refractivity contribution in [2.24, 2.45) is 0 Å². The van der Waals surface area contributed by atoms with Crippen LogP contribution in [0.25, 0.3) is 22.2 Å². The number of nitrogens with zero attached hydrogens (tertiary/aromatic N) is 5. The van der Waals surface area contributed by atoms with Crippen molar-refractivity contribution in [1.82, 2.24) is 30.2 Å². The molecule has 31 heavy (non-hydrogen) atoms. The number of rotatable bonds is 6. The summed E-state index contributed by atoms with van der Waals surface area (Å²) in [5.41, 5.74) is 4.77. The maximum absolute atomic E-state index is 5.46. The van der Waals surface area contributed by atoms with Crippen LogP contribution in [0.15, 0.2) is 55.2 Å². The number of pyridine rings is 1. The number of fused-ring (bicyclic) bond motifs is 1. The van der Waals surface area contributed by atoms with E-state index < -0.39 is 0 Å². The van der Waals surface area contributed by atoms with E-state index in [1.165, 1.54) is 6.33 Å². The highest BCUT2D eigenvalue weighted by atomic mass is 32.1. The van der Waals surface area contributed by atoms with Crippen LogP contribution in [-0.4, -0.2) is 43.5 Å². The fourth-order valence-electron chi connectivity index (χ4n) is 3.53. The monoisotopic (exact) mass is 429 g/mol. The Balaban J connectivity index is 1.59. The van der Waals surface area contributed by atoms with Gasteiger partial charge in [0.2, 0.25) is 0 Å². The van der Waals surface area contributed by atoms with E-state index in [9.17, 15) is 0 Å². The van der Waals surface area contributed by atoms with Crippen LogP contribution in [0.4, 0.5) is 5.82 Å². The summed E-state index contributed by atoms with van der Waals surface area (Å²) in [6.07, 6.45) is 6.81. The van der Waals surface area contributed by atoms with Gasteiger partial charge in [-0.05, 0) is 18.6 Å². The average Bonchev–Trinajstić information content (AvgIpc) is 2.81. The molecule has 1 aromatic carbocycles. The zero-order valence-electron chi connectivity index (χ0n) is 17.6. The highest BCUT2D eigenvalue weighted by molar-refractivity contribution is 7.80. The van der Waals surface area contributed by atoms with E-state index in [4.69, 9.17) is 12.2 Å². The van der Waals surface area contributed by atoms with E-state index >= 15 is 0 Å². The van der Waals surface area contributed by atoms with Crippen molar-refractivity contribution in [3.8, 4) is 11.3 Å². The molecule has 0 amide bonds. The van der Waals surface area contributed by atoms with Crippen LogP contribution < -0.4 is 10.6 Å². The minimum absolute atomic E-state index is 0.202. The maximum atomic E-state index is 5.46. The molecule has 0 radical (unpaired) electrons. The highest BCUT2D eigenvalue weighted by Gasteiger charge is 2.14. The van der Waals surface area contributed by atoms with Crippen LogP contribution in [0.1, 0.15) is 29.8 Å². The van der Waals surface area contributed by atoms with Crippen molar-refractivity contribution in [1.29, 1.82) is 0 Å². The van der Waals surface area contributed by atoms with Crippen molar-refractivity contribution < 1.29 is 0 Å². The molecule has 4 rings (SSSR count). The van der Waals surface area contributed by atoms with Gasteiger partial charge in [0.05, 0.1) is 11.2 Å². The van der Waals surface area contributed by atoms with Gasteiger partial charge in [-0.2, -0.15) is 0 Å². The molecule has 0 fully saturated rings. The van der Waals surface area contributed by atoms with Gasteiger partial charge < -0.3 is 10.6 Å². The number of aryl methyl sites for hydroxylation is 1. The molecular formula is C23H23N7S. The van der Waals surface area contributed by atoms with Crippen LogP contribution in [0.5, 0.6) is 0 Å². The number of thiocarbonyl (C=S) groups is 1. The second kappa shape index (κ2) is 9.09. The molecule has 3 heterocycles. The number of aromatic nitrogens is 5. The fourth-order valence-corrected chi connectivity index (χ4v) is 3.71. The van der Waals surface area contributed by atoms with E-state index in [0.717, 1.165) is 39.1 Å². The number of anilines is 1. The van der Waals surface area contributed by atoms with Crippen molar-refractivity contribution in [2.75, 3.05) is 18.9 Å². The third-order valence-corrected chi connectivity index (χ3v) is 5.51. The second-order valence-electron chi connectivity index (χ2n) is 7.28. The smallest absolute Gasteiger partial charge is 0.130 e. The van der Waals surface area contributed by atoms with Gasteiger partial charge in [-0.15, -0.1) is 0 Å². The lowest BCUT2D eigenvalue weighted by atomic mass is 9.96. The summed E-state index contributed by atoms with van der Waals surface area (Å²) < 4.78 is 0. The van der Waals surface area contributed by atoms with E-state index in [2.05, 4.69) is 60.7 Å². The van der Waals surface area contributed by atoms with Crippen molar-refractivity contribution >= 4 is 33.9 Å². The summed E-state index contributed by atoms with van der Waals surface area (Å²) >= 11 is 5.46. The average molecular weight is 430 g/mol. The minimum atomic E-state index is 0.202. The Morgan fingerprint density at radius 1 is 1.13 bits per heavy atom.